The van der Waals surface area contributed by atoms with E-state index in [-0.39, 0.29) is 35.8 Å². The summed E-state index contributed by atoms with van der Waals surface area (Å²) < 4.78 is 5.80. The number of hydrogen-bond acceptors (Lipinski definition) is 6. The number of hydrogen-bond donors (Lipinski definition) is 3. The summed E-state index contributed by atoms with van der Waals surface area (Å²) in [7, 11) is 0. The molecule has 4 fully saturated rings. The highest BCUT2D eigenvalue weighted by atomic mass is 16.5. The standard InChI is InChI=1S/C23H39N5O4/c1-2-32-17-10-16-11-28(18(21(25)29)13-27(16)12-17)23(31)20(15-6-4-3-5-7-15)26-22(30)19(24)14-8-9-14/h14-20H,2-13,24H2,1H3,(H2,25,29)(H,26,30)/t16?,17?,18?,19-,20?/m0/s1. The minimum absolute atomic E-state index is 0.0675. The number of rotatable bonds is 8. The van der Waals surface area contributed by atoms with Crippen LogP contribution in [-0.2, 0) is 19.1 Å². The summed E-state index contributed by atoms with van der Waals surface area (Å²) in [5.41, 5.74) is 11.9. The summed E-state index contributed by atoms with van der Waals surface area (Å²) in [6.07, 6.45) is 7.90. The molecule has 2 heterocycles. The van der Waals surface area contributed by atoms with Gasteiger partial charge in [-0.05, 0) is 50.9 Å². The Hall–Kier alpha value is -1.71. The first-order valence-corrected chi connectivity index (χ1v) is 12.4. The Morgan fingerprint density at radius 2 is 1.75 bits per heavy atom. The summed E-state index contributed by atoms with van der Waals surface area (Å²) in [4.78, 5) is 42.9. The van der Waals surface area contributed by atoms with Gasteiger partial charge in [0.15, 0.2) is 0 Å². The number of nitrogens with two attached hydrogens (primary N) is 2. The van der Waals surface area contributed by atoms with Gasteiger partial charge < -0.3 is 26.4 Å². The van der Waals surface area contributed by atoms with Gasteiger partial charge in [-0.25, -0.2) is 0 Å². The van der Waals surface area contributed by atoms with Crippen molar-refractivity contribution in [3.05, 3.63) is 0 Å². The van der Waals surface area contributed by atoms with Gasteiger partial charge in [-0.2, -0.15) is 0 Å². The minimum atomic E-state index is -0.695. The maximum atomic E-state index is 13.9. The molecule has 32 heavy (non-hydrogen) atoms. The third-order valence-corrected chi connectivity index (χ3v) is 7.81. The van der Waals surface area contributed by atoms with Crippen molar-refractivity contribution in [2.75, 3.05) is 26.2 Å². The van der Waals surface area contributed by atoms with Crippen molar-refractivity contribution < 1.29 is 19.1 Å². The van der Waals surface area contributed by atoms with Crippen molar-refractivity contribution in [2.45, 2.75) is 88.6 Å². The lowest BCUT2D eigenvalue weighted by atomic mass is 9.82. The van der Waals surface area contributed by atoms with Gasteiger partial charge in [0.2, 0.25) is 17.7 Å². The van der Waals surface area contributed by atoms with Crippen LogP contribution in [0.2, 0.25) is 0 Å². The van der Waals surface area contributed by atoms with E-state index in [2.05, 4.69) is 10.2 Å². The molecule has 2 aliphatic heterocycles. The Balaban J connectivity index is 1.52. The molecule has 180 valence electrons. The van der Waals surface area contributed by atoms with Gasteiger partial charge in [-0.1, -0.05) is 19.3 Å². The number of ether oxygens (including phenoxy) is 1. The Kier molecular flexibility index (Phi) is 7.37. The lowest BCUT2D eigenvalue weighted by molar-refractivity contribution is -0.148. The molecular weight excluding hydrogens is 410 g/mol. The van der Waals surface area contributed by atoms with Gasteiger partial charge in [0, 0.05) is 32.3 Å². The number of piperazine rings is 1. The van der Waals surface area contributed by atoms with E-state index in [0.29, 0.717) is 19.7 Å². The van der Waals surface area contributed by atoms with Crippen LogP contribution < -0.4 is 16.8 Å². The van der Waals surface area contributed by atoms with Crippen molar-refractivity contribution >= 4 is 17.7 Å². The van der Waals surface area contributed by atoms with Crippen molar-refractivity contribution in [2.24, 2.45) is 23.3 Å². The van der Waals surface area contributed by atoms with E-state index in [9.17, 15) is 14.4 Å². The number of carbonyl (C=O) groups is 3. The van der Waals surface area contributed by atoms with Gasteiger partial charge in [-0.15, -0.1) is 0 Å². The number of nitrogens with one attached hydrogen (secondary N) is 1. The number of fused-ring (bicyclic) bond motifs is 1. The van der Waals surface area contributed by atoms with Crippen molar-refractivity contribution in [1.29, 1.82) is 0 Å². The van der Waals surface area contributed by atoms with E-state index in [1.165, 1.54) is 0 Å². The molecule has 4 unspecified atom stereocenters. The van der Waals surface area contributed by atoms with Crippen LogP contribution in [0.3, 0.4) is 0 Å². The maximum absolute atomic E-state index is 13.9. The Morgan fingerprint density at radius 1 is 1.03 bits per heavy atom. The highest BCUT2D eigenvalue weighted by molar-refractivity contribution is 5.93. The molecule has 0 radical (unpaired) electrons. The molecule has 5 N–H and O–H groups in total. The second-order valence-electron chi connectivity index (χ2n) is 10.1. The quantitative estimate of drug-likeness (QED) is 0.477. The van der Waals surface area contributed by atoms with Crippen LogP contribution in [0.4, 0.5) is 0 Å². The Morgan fingerprint density at radius 3 is 2.38 bits per heavy atom. The zero-order chi connectivity index (χ0) is 22.8. The van der Waals surface area contributed by atoms with E-state index in [0.717, 1.165) is 57.9 Å². The van der Waals surface area contributed by atoms with Crippen LogP contribution in [0.15, 0.2) is 0 Å². The molecule has 0 aromatic rings. The third kappa shape index (κ3) is 5.10. The van der Waals surface area contributed by atoms with Crippen molar-refractivity contribution in [3.8, 4) is 0 Å². The summed E-state index contributed by atoms with van der Waals surface area (Å²) in [5.74, 6) is -0.648. The predicted molar refractivity (Wildman–Crippen MR) is 119 cm³/mol. The zero-order valence-corrected chi connectivity index (χ0v) is 19.2. The SMILES string of the molecule is CCOC1CC2CN(C(=O)C(NC(=O)[C@@H](N)C3CC3)C3CCCCC3)C(C(N)=O)CN2C1. The van der Waals surface area contributed by atoms with Crippen LogP contribution in [0.1, 0.15) is 58.3 Å². The lowest BCUT2D eigenvalue weighted by Gasteiger charge is -2.44. The van der Waals surface area contributed by atoms with Crippen LogP contribution in [0, 0.1) is 11.8 Å². The first kappa shape index (κ1) is 23.4. The van der Waals surface area contributed by atoms with Gasteiger partial charge in [0.25, 0.3) is 0 Å². The molecule has 9 heteroatoms. The van der Waals surface area contributed by atoms with E-state index >= 15 is 0 Å². The summed E-state index contributed by atoms with van der Waals surface area (Å²) >= 11 is 0. The van der Waals surface area contributed by atoms with Gasteiger partial charge in [0.1, 0.15) is 12.1 Å². The summed E-state index contributed by atoms with van der Waals surface area (Å²) in [5, 5.41) is 3.01. The van der Waals surface area contributed by atoms with Crippen LogP contribution in [0.25, 0.3) is 0 Å². The molecule has 2 saturated carbocycles. The second-order valence-corrected chi connectivity index (χ2v) is 10.1. The first-order valence-electron chi connectivity index (χ1n) is 12.4. The van der Waals surface area contributed by atoms with E-state index in [1.807, 2.05) is 6.92 Å². The third-order valence-electron chi connectivity index (χ3n) is 7.81. The average Bonchev–Trinajstić information content (AvgIpc) is 3.56. The smallest absolute Gasteiger partial charge is 0.246 e. The maximum Gasteiger partial charge on any atom is 0.246 e. The molecule has 0 bridgehead atoms. The molecule has 2 aliphatic carbocycles. The molecule has 0 aromatic carbocycles. The molecule has 4 rings (SSSR count). The molecule has 9 nitrogen and oxygen atoms in total. The molecule has 5 atom stereocenters. The van der Waals surface area contributed by atoms with Crippen LogP contribution in [-0.4, -0.2) is 84.0 Å². The molecule has 3 amide bonds. The fourth-order valence-corrected chi connectivity index (χ4v) is 5.82. The molecule has 0 aromatic heterocycles. The average molecular weight is 450 g/mol. The van der Waals surface area contributed by atoms with Crippen LogP contribution in [0.5, 0.6) is 0 Å². The summed E-state index contributed by atoms with van der Waals surface area (Å²) in [6, 6.07) is -1.77. The Bertz CT molecular complexity index is 709. The molecular formula is C23H39N5O4. The van der Waals surface area contributed by atoms with E-state index in [4.69, 9.17) is 16.2 Å². The number of nitrogens with zero attached hydrogens (tertiary/aromatic N) is 2. The fourth-order valence-electron chi connectivity index (χ4n) is 5.82. The van der Waals surface area contributed by atoms with Gasteiger partial charge in [-0.3, -0.25) is 19.3 Å². The van der Waals surface area contributed by atoms with Crippen molar-refractivity contribution in [1.82, 2.24) is 15.1 Å². The summed E-state index contributed by atoms with van der Waals surface area (Å²) in [6.45, 7) is 4.22. The monoisotopic (exact) mass is 449 g/mol. The fraction of sp³-hybridized carbons (Fsp3) is 0.870. The Labute approximate surface area is 190 Å². The number of primary amides is 1. The van der Waals surface area contributed by atoms with Crippen molar-refractivity contribution in [3.63, 3.8) is 0 Å². The predicted octanol–water partition coefficient (Wildman–Crippen LogP) is -0.0357. The van der Waals surface area contributed by atoms with Gasteiger partial charge in [0.05, 0.1) is 12.1 Å². The largest absolute Gasteiger partial charge is 0.377 e. The van der Waals surface area contributed by atoms with Gasteiger partial charge >= 0.3 is 0 Å². The zero-order valence-electron chi connectivity index (χ0n) is 19.2. The highest BCUT2D eigenvalue weighted by Gasteiger charge is 2.47. The minimum Gasteiger partial charge on any atom is -0.377 e. The molecule has 0 spiro atoms. The lowest BCUT2D eigenvalue weighted by Crippen LogP contribution is -2.66. The van der Waals surface area contributed by atoms with E-state index in [1.54, 1.807) is 4.90 Å². The molecule has 2 saturated heterocycles. The molecule has 4 aliphatic rings. The first-order chi connectivity index (χ1) is 15.4. The second kappa shape index (κ2) is 10.1. The topological polar surface area (TPSA) is 131 Å². The van der Waals surface area contributed by atoms with Crippen LogP contribution >= 0.6 is 0 Å². The highest BCUT2D eigenvalue weighted by Crippen LogP contribution is 2.33. The number of carbonyl (C=O) groups excluding carboxylic acids is 3. The number of amides is 3. The van der Waals surface area contributed by atoms with E-state index < -0.39 is 24.0 Å². The normalized spacial score (nSPS) is 31.1.